The van der Waals surface area contributed by atoms with Gasteiger partial charge in [0.05, 0.1) is 6.07 Å². The minimum atomic E-state index is -0.664. The fourth-order valence-electron chi connectivity index (χ4n) is 2.51. The number of unbranched alkanes of at least 4 members (excludes halogenated alkanes) is 1. The molecule has 2 atom stereocenters. The van der Waals surface area contributed by atoms with Crippen LogP contribution < -0.4 is 5.32 Å². The predicted molar refractivity (Wildman–Crippen MR) is 69.8 cm³/mol. The van der Waals surface area contributed by atoms with E-state index in [1.807, 2.05) is 0 Å². The van der Waals surface area contributed by atoms with Gasteiger partial charge in [-0.05, 0) is 31.6 Å². The highest BCUT2D eigenvalue weighted by Crippen LogP contribution is 2.31. The molecule has 0 heterocycles. The SMILES string of the molecule is CCCCOCC(=O)N[C@]1(C#N)CCC[C@H](C)C1. The second-order valence-electron chi connectivity index (χ2n) is 5.35. The van der Waals surface area contributed by atoms with E-state index in [1.165, 1.54) is 0 Å². The van der Waals surface area contributed by atoms with E-state index in [0.29, 0.717) is 12.5 Å². The number of nitrogens with one attached hydrogen (secondary N) is 1. The lowest BCUT2D eigenvalue weighted by Gasteiger charge is -2.34. The van der Waals surface area contributed by atoms with E-state index in [-0.39, 0.29) is 12.5 Å². The molecular formula is C14H24N2O2. The van der Waals surface area contributed by atoms with Gasteiger partial charge in [-0.3, -0.25) is 4.79 Å². The lowest BCUT2D eigenvalue weighted by molar-refractivity contribution is -0.127. The first-order valence-electron chi connectivity index (χ1n) is 6.92. The van der Waals surface area contributed by atoms with Gasteiger partial charge in [-0.25, -0.2) is 0 Å². The van der Waals surface area contributed by atoms with Crippen molar-refractivity contribution in [3.8, 4) is 6.07 Å². The van der Waals surface area contributed by atoms with Crippen LogP contribution in [0.1, 0.15) is 52.4 Å². The van der Waals surface area contributed by atoms with Gasteiger partial charge in [0.25, 0.3) is 0 Å². The maximum atomic E-state index is 11.8. The predicted octanol–water partition coefficient (Wildman–Crippen LogP) is 2.39. The zero-order chi connectivity index (χ0) is 13.4. The highest BCUT2D eigenvalue weighted by atomic mass is 16.5. The molecule has 4 heteroatoms. The van der Waals surface area contributed by atoms with Crippen LogP contribution in [0.2, 0.25) is 0 Å². The lowest BCUT2D eigenvalue weighted by Crippen LogP contribution is -2.51. The van der Waals surface area contributed by atoms with Gasteiger partial charge in [0.1, 0.15) is 12.1 Å². The van der Waals surface area contributed by atoms with Gasteiger partial charge in [0.15, 0.2) is 0 Å². The Bertz CT molecular complexity index is 311. The molecule has 1 rings (SSSR count). The van der Waals surface area contributed by atoms with Gasteiger partial charge in [0.2, 0.25) is 5.91 Å². The molecule has 0 aromatic heterocycles. The van der Waals surface area contributed by atoms with E-state index in [4.69, 9.17) is 4.74 Å². The van der Waals surface area contributed by atoms with Crippen LogP contribution in [0.25, 0.3) is 0 Å². The fraction of sp³-hybridized carbons (Fsp3) is 0.857. The van der Waals surface area contributed by atoms with Crippen LogP contribution in [0.5, 0.6) is 0 Å². The second kappa shape index (κ2) is 7.38. The van der Waals surface area contributed by atoms with E-state index in [2.05, 4.69) is 25.2 Å². The summed E-state index contributed by atoms with van der Waals surface area (Å²) in [5.41, 5.74) is -0.664. The van der Waals surface area contributed by atoms with Crippen LogP contribution in [-0.2, 0) is 9.53 Å². The number of carbonyl (C=O) groups is 1. The smallest absolute Gasteiger partial charge is 0.247 e. The molecule has 102 valence electrons. The summed E-state index contributed by atoms with van der Waals surface area (Å²) in [6.45, 7) is 4.89. The van der Waals surface area contributed by atoms with Crippen LogP contribution in [0, 0.1) is 17.2 Å². The maximum Gasteiger partial charge on any atom is 0.247 e. The van der Waals surface area contributed by atoms with Crippen LogP contribution in [0.3, 0.4) is 0 Å². The Kier molecular flexibility index (Phi) is 6.14. The van der Waals surface area contributed by atoms with E-state index in [0.717, 1.165) is 38.5 Å². The summed E-state index contributed by atoms with van der Waals surface area (Å²) in [5.74, 6) is 0.335. The minimum absolute atomic E-state index is 0.0673. The van der Waals surface area contributed by atoms with Crippen molar-refractivity contribution < 1.29 is 9.53 Å². The molecular weight excluding hydrogens is 228 g/mol. The highest BCUT2D eigenvalue weighted by molar-refractivity contribution is 5.78. The summed E-state index contributed by atoms with van der Waals surface area (Å²) in [4.78, 5) is 11.8. The van der Waals surface area contributed by atoms with Crippen molar-refractivity contribution in [2.45, 2.75) is 57.9 Å². The number of hydrogen-bond acceptors (Lipinski definition) is 3. The summed E-state index contributed by atoms with van der Waals surface area (Å²) in [6, 6.07) is 2.29. The molecule has 18 heavy (non-hydrogen) atoms. The van der Waals surface area contributed by atoms with Crippen molar-refractivity contribution in [3.05, 3.63) is 0 Å². The molecule has 0 unspecified atom stereocenters. The first-order chi connectivity index (χ1) is 8.62. The zero-order valence-corrected chi connectivity index (χ0v) is 11.5. The van der Waals surface area contributed by atoms with E-state index < -0.39 is 5.54 Å². The summed E-state index contributed by atoms with van der Waals surface area (Å²) in [7, 11) is 0. The molecule has 0 aromatic carbocycles. The van der Waals surface area contributed by atoms with Crippen molar-refractivity contribution in [1.82, 2.24) is 5.32 Å². The van der Waals surface area contributed by atoms with Gasteiger partial charge in [-0.1, -0.05) is 26.7 Å². The Hall–Kier alpha value is -1.08. The van der Waals surface area contributed by atoms with E-state index in [1.54, 1.807) is 0 Å². The third-order valence-corrected chi connectivity index (χ3v) is 3.47. The number of hydrogen-bond donors (Lipinski definition) is 1. The average Bonchev–Trinajstić information content (AvgIpc) is 2.34. The Morgan fingerprint density at radius 2 is 2.39 bits per heavy atom. The van der Waals surface area contributed by atoms with Gasteiger partial charge in [0, 0.05) is 6.61 Å². The molecule has 1 N–H and O–H groups in total. The molecule has 0 bridgehead atoms. The van der Waals surface area contributed by atoms with Gasteiger partial charge < -0.3 is 10.1 Å². The number of ether oxygens (including phenoxy) is 1. The van der Waals surface area contributed by atoms with Crippen molar-refractivity contribution in [1.29, 1.82) is 5.26 Å². The summed E-state index contributed by atoms with van der Waals surface area (Å²) in [5, 5.41) is 12.2. The molecule has 0 spiro atoms. The van der Waals surface area contributed by atoms with Crippen molar-refractivity contribution >= 4 is 5.91 Å². The van der Waals surface area contributed by atoms with Crippen LogP contribution in [0.15, 0.2) is 0 Å². The fourth-order valence-corrected chi connectivity index (χ4v) is 2.51. The zero-order valence-electron chi connectivity index (χ0n) is 11.5. The third kappa shape index (κ3) is 4.66. The van der Waals surface area contributed by atoms with Gasteiger partial charge >= 0.3 is 0 Å². The highest BCUT2D eigenvalue weighted by Gasteiger charge is 2.36. The number of rotatable bonds is 6. The Balaban J connectivity index is 2.38. The van der Waals surface area contributed by atoms with Crippen LogP contribution in [0.4, 0.5) is 0 Å². The third-order valence-electron chi connectivity index (χ3n) is 3.47. The first kappa shape index (κ1) is 15.0. The number of nitriles is 1. The van der Waals surface area contributed by atoms with Crippen molar-refractivity contribution in [3.63, 3.8) is 0 Å². The minimum Gasteiger partial charge on any atom is -0.372 e. The number of nitrogens with zero attached hydrogens (tertiary/aromatic N) is 1. The standard InChI is InChI=1S/C14H24N2O2/c1-3-4-8-18-10-13(17)16-14(11-15)7-5-6-12(2)9-14/h12H,3-10H2,1-2H3,(H,16,17)/t12-,14+/m0/s1. The molecule has 1 saturated carbocycles. The topological polar surface area (TPSA) is 62.1 Å². The Morgan fingerprint density at radius 3 is 3.00 bits per heavy atom. The molecule has 0 aromatic rings. The van der Waals surface area contributed by atoms with Crippen molar-refractivity contribution in [2.24, 2.45) is 5.92 Å². The molecule has 1 aliphatic carbocycles. The molecule has 0 radical (unpaired) electrons. The van der Waals surface area contributed by atoms with Crippen molar-refractivity contribution in [2.75, 3.05) is 13.2 Å². The maximum absolute atomic E-state index is 11.8. The van der Waals surface area contributed by atoms with Crippen LogP contribution >= 0.6 is 0 Å². The summed E-state index contributed by atoms with van der Waals surface area (Å²) >= 11 is 0. The van der Waals surface area contributed by atoms with Crippen LogP contribution in [-0.4, -0.2) is 24.7 Å². The van der Waals surface area contributed by atoms with Gasteiger partial charge in [-0.2, -0.15) is 5.26 Å². The number of carbonyl (C=O) groups excluding carboxylic acids is 1. The van der Waals surface area contributed by atoms with Gasteiger partial charge in [-0.15, -0.1) is 0 Å². The van der Waals surface area contributed by atoms with E-state index in [9.17, 15) is 10.1 Å². The second-order valence-corrected chi connectivity index (χ2v) is 5.35. The average molecular weight is 252 g/mol. The molecule has 1 aliphatic rings. The molecule has 1 fully saturated rings. The molecule has 0 saturated heterocycles. The quantitative estimate of drug-likeness (QED) is 0.738. The van der Waals surface area contributed by atoms with E-state index >= 15 is 0 Å². The monoisotopic (exact) mass is 252 g/mol. The summed E-state index contributed by atoms with van der Waals surface area (Å²) < 4.78 is 5.27. The Morgan fingerprint density at radius 1 is 1.61 bits per heavy atom. The number of amides is 1. The lowest BCUT2D eigenvalue weighted by atomic mass is 9.77. The molecule has 1 amide bonds. The normalized spacial score (nSPS) is 27.5. The Labute approximate surface area is 110 Å². The molecule has 4 nitrogen and oxygen atoms in total. The summed E-state index contributed by atoms with van der Waals surface area (Å²) in [6.07, 6.45) is 5.69. The largest absolute Gasteiger partial charge is 0.372 e. The first-order valence-corrected chi connectivity index (χ1v) is 6.92. The molecule has 0 aliphatic heterocycles.